The number of carbonyl (C=O) groups is 4. The summed E-state index contributed by atoms with van der Waals surface area (Å²) in [5.41, 5.74) is 6.90. The Balaban J connectivity index is 2.22. The lowest BCUT2D eigenvalue weighted by atomic mass is 9.80. The van der Waals surface area contributed by atoms with Gasteiger partial charge in [0.05, 0.1) is 12.1 Å². The molecule has 1 aliphatic heterocycles. The second-order valence-electron chi connectivity index (χ2n) is 6.88. The second-order valence-corrected chi connectivity index (χ2v) is 6.88. The van der Waals surface area contributed by atoms with Gasteiger partial charge in [0.15, 0.2) is 0 Å². The summed E-state index contributed by atoms with van der Waals surface area (Å²) in [6.07, 6.45) is 0.998. The highest BCUT2D eigenvalue weighted by Gasteiger charge is 2.48. The van der Waals surface area contributed by atoms with Crippen LogP contribution in [0.15, 0.2) is 30.3 Å². The highest BCUT2D eigenvalue weighted by atomic mass is 16.2. The third-order valence-corrected chi connectivity index (χ3v) is 4.74. The highest BCUT2D eigenvalue weighted by molar-refractivity contribution is 5.93. The number of carbonyl (C=O) groups excluding carboxylic acids is 4. The molecule has 1 saturated heterocycles. The molecular weight excluding hydrogens is 334 g/mol. The van der Waals surface area contributed by atoms with Gasteiger partial charge in [0.1, 0.15) is 18.6 Å². The molecule has 1 aliphatic rings. The molecule has 26 heavy (non-hydrogen) atoms. The number of nitrogens with one attached hydrogen (secondary N) is 1. The Morgan fingerprint density at radius 3 is 2.46 bits per heavy atom. The second kappa shape index (κ2) is 8.71. The van der Waals surface area contributed by atoms with E-state index >= 15 is 0 Å². The first-order valence-electron chi connectivity index (χ1n) is 8.71. The van der Waals surface area contributed by atoms with Crippen molar-refractivity contribution in [2.24, 2.45) is 11.7 Å². The molecule has 0 aliphatic carbocycles. The van der Waals surface area contributed by atoms with Crippen LogP contribution in [-0.2, 0) is 19.2 Å². The molecule has 7 heteroatoms. The van der Waals surface area contributed by atoms with E-state index in [1.807, 2.05) is 44.2 Å². The largest absolute Gasteiger partial charge is 0.344 e. The SMILES string of the molecule is CC(C)[C@H](N)C(=O)N1CC(c2ccccc2)[C@H]1C(=O)N[C@H](C=O)CC=O. The van der Waals surface area contributed by atoms with Crippen molar-refractivity contribution in [3.05, 3.63) is 35.9 Å². The standard InChI is InChI=1S/C19H25N3O4/c1-12(2)16(20)19(26)22-10-15(13-6-4-3-5-7-13)17(22)18(25)21-14(11-24)8-9-23/h3-7,9,11-12,14-17H,8,10,20H2,1-2H3,(H,21,25)/t14-,15?,16-,17-/m0/s1. The maximum Gasteiger partial charge on any atom is 0.244 e. The minimum atomic E-state index is -0.896. The van der Waals surface area contributed by atoms with E-state index in [0.717, 1.165) is 5.56 Å². The third-order valence-electron chi connectivity index (χ3n) is 4.74. The molecule has 4 atom stereocenters. The highest BCUT2D eigenvalue weighted by Crippen LogP contribution is 2.35. The van der Waals surface area contributed by atoms with E-state index in [9.17, 15) is 19.2 Å². The molecule has 3 N–H and O–H groups in total. The van der Waals surface area contributed by atoms with Crippen LogP contribution in [0.1, 0.15) is 31.7 Å². The number of nitrogens with two attached hydrogens (primary N) is 1. The molecule has 1 heterocycles. The van der Waals surface area contributed by atoms with Crippen molar-refractivity contribution in [1.29, 1.82) is 0 Å². The van der Waals surface area contributed by atoms with Crippen LogP contribution in [0, 0.1) is 5.92 Å². The summed E-state index contributed by atoms with van der Waals surface area (Å²) in [5.74, 6) is -0.971. The Hall–Kier alpha value is -2.54. The van der Waals surface area contributed by atoms with Crippen molar-refractivity contribution in [1.82, 2.24) is 10.2 Å². The van der Waals surface area contributed by atoms with Gasteiger partial charge in [-0.2, -0.15) is 0 Å². The van der Waals surface area contributed by atoms with Gasteiger partial charge in [-0.1, -0.05) is 44.2 Å². The van der Waals surface area contributed by atoms with Gasteiger partial charge in [0, 0.05) is 18.9 Å². The van der Waals surface area contributed by atoms with E-state index in [4.69, 9.17) is 5.73 Å². The van der Waals surface area contributed by atoms with E-state index in [1.54, 1.807) is 0 Å². The zero-order valence-corrected chi connectivity index (χ0v) is 15.0. The number of likely N-dealkylation sites (tertiary alicyclic amines) is 1. The fourth-order valence-electron chi connectivity index (χ4n) is 3.04. The van der Waals surface area contributed by atoms with E-state index in [-0.39, 0.29) is 24.2 Å². The Bertz CT molecular complexity index is 662. The first kappa shape index (κ1) is 19.8. The van der Waals surface area contributed by atoms with Crippen LogP contribution in [0.25, 0.3) is 0 Å². The number of rotatable bonds is 8. The zero-order valence-electron chi connectivity index (χ0n) is 15.0. The molecule has 1 aromatic rings. The van der Waals surface area contributed by atoms with Crippen LogP contribution >= 0.6 is 0 Å². The van der Waals surface area contributed by atoms with Crippen molar-refractivity contribution in [3.63, 3.8) is 0 Å². The number of benzene rings is 1. The van der Waals surface area contributed by atoms with Crippen LogP contribution in [-0.4, -0.2) is 54.0 Å². The molecule has 2 amide bonds. The molecule has 1 aromatic carbocycles. The normalized spacial score (nSPS) is 21.5. The van der Waals surface area contributed by atoms with Gasteiger partial charge < -0.3 is 25.5 Å². The van der Waals surface area contributed by atoms with Gasteiger partial charge >= 0.3 is 0 Å². The minimum absolute atomic E-state index is 0.0558. The van der Waals surface area contributed by atoms with Crippen LogP contribution in [0.5, 0.6) is 0 Å². The maximum absolute atomic E-state index is 12.7. The molecular formula is C19H25N3O4. The average molecular weight is 359 g/mol. The zero-order chi connectivity index (χ0) is 19.3. The number of hydrogen-bond donors (Lipinski definition) is 2. The number of hydrogen-bond acceptors (Lipinski definition) is 5. The fourth-order valence-corrected chi connectivity index (χ4v) is 3.04. The summed E-state index contributed by atoms with van der Waals surface area (Å²) >= 11 is 0. The molecule has 0 saturated carbocycles. The first-order valence-corrected chi connectivity index (χ1v) is 8.71. The summed E-state index contributed by atoms with van der Waals surface area (Å²) in [7, 11) is 0. The van der Waals surface area contributed by atoms with Crippen molar-refractivity contribution in [2.45, 2.75) is 44.3 Å². The summed E-state index contributed by atoms with van der Waals surface area (Å²) in [5, 5.41) is 2.55. The smallest absolute Gasteiger partial charge is 0.244 e. The van der Waals surface area contributed by atoms with Crippen LogP contribution in [0.4, 0.5) is 0 Å². The molecule has 1 fully saturated rings. The van der Waals surface area contributed by atoms with Crippen molar-refractivity contribution < 1.29 is 19.2 Å². The fraction of sp³-hybridized carbons (Fsp3) is 0.474. The van der Waals surface area contributed by atoms with Gasteiger partial charge in [0.25, 0.3) is 0 Å². The van der Waals surface area contributed by atoms with E-state index in [0.29, 0.717) is 19.1 Å². The van der Waals surface area contributed by atoms with Crippen molar-refractivity contribution in [3.8, 4) is 0 Å². The molecule has 7 nitrogen and oxygen atoms in total. The predicted molar refractivity (Wildman–Crippen MR) is 96.2 cm³/mol. The van der Waals surface area contributed by atoms with Gasteiger partial charge in [-0.05, 0) is 11.5 Å². The monoisotopic (exact) mass is 359 g/mol. The van der Waals surface area contributed by atoms with Gasteiger partial charge in [-0.3, -0.25) is 9.59 Å². The minimum Gasteiger partial charge on any atom is -0.344 e. The van der Waals surface area contributed by atoms with E-state index in [2.05, 4.69) is 5.32 Å². The Morgan fingerprint density at radius 2 is 1.92 bits per heavy atom. The molecule has 2 rings (SSSR count). The topological polar surface area (TPSA) is 110 Å². The Labute approximate surface area is 152 Å². The Morgan fingerprint density at radius 1 is 1.27 bits per heavy atom. The molecule has 0 spiro atoms. The Kier molecular flexibility index (Phi) is 6.63. The molecule has 0 bridgehead atoms. The van der Waals surface area contributed by atoms with Crippen molar-refractivity contribution >= 4 is 24.4 Å². The van der Waals surface area contributed by atoms with Crippen LogP contribution in [0.3, 0.4) is 0 Å². The molecule has 1 unspecified atom stereocenters. The number of amides is 2. The first-order chi connectivity index (χ1) is 12.4. The number of nitrogens with zero attached hydrogens (tertiary/aromatic N) is 1. The van der Waals surface area contributed by atoms with Crippen LogP contribution < -0.4 is 11.1 Å². The summed E-state index contributed by atoms with van der Waals surface area (Å²) in [4.78, 5) is 48.5. The molecule has 140 valence electrons. The lowest BCUT2D eigenvalue weighted by molar-refractivity contribution is -0.151. The molecule has 0 aromatic heterocycles. The average Bonchev–Trinajstić information content (AvgIpc) is 2.60. The van der Waals surface area contributed by atoms with Gasteiger partial charge in [0.2, 0.25) is 11.8 Å². The van der Waals surface area contributed by atoms with E-state index < -0.39 is 24.0 Å². The molecule has 0 radical (unpaired) electrons. The quantitative estimate of drug-likeness (QED) is 0.646. The summed E-state index contributed by atoms with van der Waals surface area (Å²) in [6.45, 7) is 4.08. The lowest BCUT2D eigenvalue weighted by Gasteiger charge is -2.48. The van der Waals surface area contributed by atoms with Gasteiger partial charge in [-0.15, -0.1) is 0 Å². The maximum atomic E-state index is 12.7. The lowest BCUT2D eigenvalue weighted by Crippen LogP contribution is -2.67. The summed E-state index contributed by atoms with van der Waals surface area (Å²) < 4.78 is 0. The summed E-state index contributed by atoms with van der Waals surface area (Å²) in [6, 6.07) is 7.08. The van der Waals surface area contributed by atoms with Gasteiger partial charge in [-0.25, -0.2) is 0 Å². The van der Waals surface area contributed by atoms with Crippen LogP contribution in [0.2, 0.25) is 0 Å². The number of aldehydes is 2. The third kappa shape index (κ3) is 4.16. The predicted octanol–water partition coefficient (Wildman–Crippen LogP) is 0.237. The van der Waals surface area contributed by atoms with E-state index in [1.165, 1.54) is 4.90 Å². The van der Waals surface area contributed by atoms with Crippen molar-refractivity contribution in [2.75, 3.05) is 6.54 Å².